The molecule has 0 N–H and O–H groups in total. The van der Waals surface area contributed by atoms with Gasteiger partial charge in [-0.05, 0) is 22.8 Å². The van der Waals surface area contributed by atoms with Gasteiger partial charge in [0.2, 0.25) is 12.4 Å². The Morgan fingerprint density at radius 2 is 1.88 bits per heavy atom. The number of rotatable bonds is 2. The Labute approximate surface area is 92.1 Å². The summed E-state index contributed by atoms with van der Waals surface area (Å²) in [6, 6.07) is 10.8. The van der Waals surface area contributed by atoms with Gasteiger partial charge in [0.1, 0.15) is 5.82 Å². The fourth-order valence-electron chi connectivity index (χ4n) is 1.24. The van der Waals surface area contributed by atoms with Gasteiger partial charge >= 0.3 is 0 Å². The average Bonchev–Trinajstić information content (AvgIpc) is 2.30. The highest BCUT2D eigenvalue weighted by Crippen LogP contribution is 2.02. The van der Waals surface area contributed by atoms with Crippen LogP contribution in [-0.2, 0) is 0 Å². The predicted octanol–water partition coefficient (Wildman–Crippen LogP) is 0.683. The molecule has 0 radical (unpaired) electrons. The van der Waals surface area contributed by atoms with Gasteiger partial charge in [-0.25, -0.2) is 4.39 Å². The van der Waals surface area contributed by atoms with E-state index < -0.39 is 11.7 Å². The van der Waals surface area contributed by atoms with E-state index in [1.165, 1.54) is 22.9 Å². The van der Waals surface area contributed by atoms with Crippen molar-refractivity contribution in [1.82, 2.24) is 0 Å². The average molecular weight is 216 g/mol. The highest BCUT2D eigenvalue weighted by molar-refractivity contribution is 5.89. The number of hydrogen-bond acceptors (Lipinski definition) is 2. The Kier molecular flexibility index (Phi) is 2.91. The molecular formula is C12H9FN2O. The molecule has 0 saturated carbocycles. The zero-order valence-corrected chi connectivity index (χ0v) is 8.38. The molecule has 0 fully saturated rings. The fraction of sp³-hybridized carbons (Fsp3) is 0. The number of nitrogens with zero attached hydrogens (tertiary/aromatic N) is 2. The number of aromatic nitrogens is 1. The number of halogens is 1. The second kappa shape index (κ2) is 4.53. The summed E-state index contributed by atoms with van der Waals surface area (Å²) in [5.41, 5.74) is 0.233. The number of pyridine rings is 1. The molecule has 2 rings (SSSR count). The molecule has 0 atom stereocenters. The van der Waals surface area contributed by atoms with Crippen LogP contribution in [-0.4, -0.2) is 5.90 Å². The van der Waals surface area contributed by atoms with E-state index in [1.807, 2.05) is 6.07 Å². The predicted molar refractivity (Wildman–Crippen MR) is 55.0 cm³/mol. The molecule has 1 heterocycles. The van der Waals surface area contributed by atoms with E-state index in [0.29, 0.717) is 0 Å². The maximum atomic E-state index is 12.9. The second-order valence-electron chi connectivity index (χ2n) is 3.17. The van der Waals surface area contributed by atoms with Crippen LogP contribution in [0.1, 0.15) is 5.56 Å². The van der Waals surface area contributed by atoms with Crippen molar-refractivity contribution in [2.24, 2.45) is 5.10 Å². The molecule has 0 saturated heterocycles. The largest absolute Gasteiger partial charge is 0.854 e. The standard InChI is InChI=1S/C12H9FN2O/c13-11-6-4-5-10(9-11)12(16)14-15-7-2-1-3-8-15/h1-9H. The van der Waals surface area contributed by atoms with Gasteiger partial charge in [0.25, 0.3) is 0 Å². The fourth-order valence-corrected chi connectivity index (χ4v) is 1.24. The quantitative estimate of drug-likeness (QED) is 0.413. The minimum Gasteiger partial charge on any atom is -0.854 e. The van der Waals surface area contributed by atoms with Crippen molar-refractivity contribution in [2.45, 2.75) is 0 Å². The van der Waals surface area contributed by atoms with Gasteiger partial charge in [-0.1, -0.05) is 22.9 Å². The van der Waals surface area contributed by atoms with E-state index in [2.05, 4.69) is 5.10 Å². The first-order valence-corrected chi connectivity index (χ1v) is 4.74. The SMILES string of the molecule is [O-]/C(=N\[n+]1ccccc1)c1cccc(F)c1. The van der Waals surface area contributed by atoms with E-state index in [-0.39, 0.29) is 5.56 Å². The first-order valence-electron chi connectivity index (χ1n) is 4.74. The molecule has 3 nitrogen and oxygen atoms in total. The summed E-state index contributed by atoms with van der Waals surface area (Å²) in [7, 11) is 0. The van der Waals surface area contributed by atoms with Crippen molar-refractivity contribution in [3.63, 3.8) is 0 Å². The van der Waals surface area contributed by atoms with Gasteiger partial charge in [0.15, 0.2) is 0 Å². The molecule has 0 unspecified atom stereocenters. The first kappa shape index (κ1) is 10.3. The van der Waals surface area contributed by atoms with Gasteiger partial charge in [-0.2, -0.15) is 0 Å². The minimum atomic E-state index is -0.476. The van der Waals surface area contributed by atoms with E-state index in [4.69, 9.17) is 0 Å². The summed E-state index contributed by atoms with van der Waals surface area (Å²) in [6.45, 7) is 0. The Morgan fingerprint density at radius 1 is 1.12 bits per heavy atom. The normalized spacial score (nSPS) is 11.4. The van der Waals surface area contributed by atoms with E-state index in [9.17, 15) is 9.50 Å². The lowest BCUT2D eigenvalue weighted by Crippen LogP contribution is -2.33. The highest BCUT2D eigenvalue weighted by Gasteiger charge is 1.98. The molecule has 1 aromatic heterocycles. The lowest BCUT2D eigenvalue weighted by Gasteiger charge is -2.06. The Morgan fingerprint density at radius 3 is 2.56 bits per heavy atom. The molecule has 0 aliphatic rings. The van der Waals surface area contributed by atoms with Crippen LogP contribution in [0, 0.1) is 5.82 Å². The van der Waals surface area contributed by atoms with E-state index in [1.54, 1.807) is 24.5 Å². The van der Waals surface area contributed by atoms with Crippen LogP contribution in [0.25, 0.3) is 0 Å². The Hall–Kier alpha value is -2.23. The summed E-state index contributed by atoms with van der Waals surface area (Å²) >= 11 is 0. The van der Waals surface area contributed by atoms with Crippen molar-refractivity contribution in [3.05, 3.63) is 66.2 Å². The lowest BCUT2D eigenvalue weighted by molar-refractivity contribution is -0.681. The number of hydrogen-bond donors (Lipinski definition) is 0. The van der Waals surface area contributed by atoms with Crippen LogP contribution < -0.4 is 9.78 Å². The molecule has 0 amide bonds. The van der Waals surface area contributed by atoms with Crippen LogP contribution in [0.15, 0.2) is 60.0 Å². The third kappa shape index (κ3) is 2.42. The van der Waals surface area contributed by atoms with Gasteiger partial charge in [0.05, 0.1) is 5.90 Å². The zero-order valence-electron chi connectivity index (χ0n) is 8.38. The van der Waals surface area contributed by atoms with Crippen molar-refractivity contribution >= 4 is 5.90 Å². The van der Waals surface area contributed by atoms with Crippen molar-refractivity contribution in [3.8, 4) is 0 Å². The molecular weight excluding hydrogens is 207 g/mol. The third-order valence-electron chi connectivity index (χ3n) is 1.98. The van der Waals surface area contributed by atoms with Crippen LogP contribution >= 0.6 is 0 Å². The van der Waals surface area contributed by atoms with E-state index >= 15 is 0 Å². The summed E-state index contributed by atoms with van der Waals surface area (Å²) in [6.07, 6.45) is 3.27. The van der Waals surface area contributed by atoms with Gasteiger partial charge in [0, 0.05) is 12.1 Å². The maximum absolute atomic E-state index is 12.9. The monoisotopic (exact) mass is 216 g/mol. The molecule has 0 bridgehead atoms. The molecule has 80 valence electrons. The zero-order chi connectivity index (χ0) is 11.4. The lowest BCUT2D eigenvalue weighted by atomic mass is 10.2. The Bertz CT molecular complexity index is 511. The van der Waals surface area contributed by atoms with Crippen molar-refractivity contribution in [1.29, 1.82) is 0 Å². The smallest absolute Gasteiger partial charge is 0.202 e. The van der Waals surface area contributed by atoms with Crippen LogP contribution in [0.5, 0.6) is 0 Å². The summed E-state index contributed by atoms with van der Waals surface area (Å²) in [4.78, 5) is 0. The molecule has 0 spiro atoms. The van der Waals surface area contributed by atoms with Crippen LogP contribution in [0.4, 0.5) is 4.39 Å². The van der Waals surface area contributed by atoms with Crippen LogP contribution in [0.2, 0.25) is 0 Å². The van der Waals surface area contributed by atoms with Crippen LogP contribution in [0.3, 0.4) is 0 Å². The van der Waals surface area contributed by atoms with Crippen molar-refractivity contribution < 1.29 is 14.2 Å². The molecule has 0 aliphatic carbocycles. The van der Waals surface area contributed by atoms with Gasteiger partial charge < -0.3 is 5.11 Å². The molecule has 4 heteroatoms. The molecule has 2 aromatic rings. The molecule has 16 heavy (non-hydrogen) atoms. The number of benzene rings is 1. The first-order chi connectivity index (χ1) is 7.75. The molecule has 1 aromatic carbocycles. The molecule has 0 aliphatic heterocycles. The Balaban J connectivity index is 2.32. The summed E-state index contributed by atoms with van der Waals surface area (Å²) < 4.78 is 14.2. The van der Waals surface area contributed by atoms with Crippen molar-refractivity contribution in [2.75, 3.05) is 0 Å². The third-order valence-corrected chi connectivity index (χ3v) is 1.98. The van der Waals surface area contributed by atoms with Gasteiger partial charge in [-0.3, -0.25) is 0 Å². The van der Waals surface area contributed by atoms with Gasteiger partial charge in [-0.15, -0.1) is 0 Å². The summed E-state index contributed by atoms with van der Waals surface area (Å²) in [5.74, 6) is -0.921. The minimum absolute atomic E-state index is 0.233. The highest BCUT2D eigenvalue weighted by atomic mass is 19.1. The second-order valence-corrected chi connectivity index (χ2v) is 3.17. The summed E-state index contributed by atoms with van der Waals surface area (Å²) in [5, 5.41) is 15.4. The van der Waals surface area contributed by atoms with E-state index in [0.717, 1.165) is 6.07 Å². The topological polar surface area (TPSA) is 39.3 Å². The maximum Gasteiger partial charge on any atom is 0.202 e.